The molecule has 31 heavy (non-hydrogen) atoms. The van der Waals surface area contributed by atoms with Gasteiger partial charge in [-0.1, -0.05) is 75.7 Å². The molecule has 0 amide bonds. The van der Waals surface area contributed by atoms with E-state index in [0.29, 0.717) is 0 Å². The molecule has 1 radical (unpaired) electrons. The van der Waals surface area contributed by atoms with E-state index in [4.69, 9.17) is 0 Å². The summed E-state index contributed by atoms with van der Waals surface area (Å²) in [5.41, 5.74) is -2.08. The molecule has 0 saturated carbocycles. The Labute approximate surface area is 208 Å². The van der Waals surface area contributed by atoms with Gasteiger partial charge < -0.3 is 36.6 Å². The Balaban J connectivity index is -0.0000000913. The van der Waals surface area contributed by atoms with Crippen LogP contribution in [0.15, 0.2) is 30.3 Å². The van der Waals surface area contributed by atoms with Crippen LogP contribution < -0.4 is 15.3 Å². The van der Waals surface area contributed by atoms with Gasteiger partial charge in [0.2, 0.25) is 0 Å². The molecule has 7 heteroatoms. The molecule has 1 aromatic rings. The second kappa shape index (κ2) is 20.5. The van der Waals surface area contributed by atoms with E-state index in [0.717, 1.165) is 6.42 Å². The molecule has 0 spiro atoms. The maximum atomic E-state index is 9.91. The van der Waals surface area contributed by atoms with Crippen LogP contribution in [0.1, 0.15) is 82.1 Å². The summed E-state index contributed by atoms with van der Waals surface area (Å²) < 4.78 is 0. The number of carboxylic acid groups (broad SMARTS) is 3. The van der Waals surface area contributed by atoms with E-state index in [2.05, 4.69) is 13.8 Å². The number of carbonyl (C=O) groups excluding carboxylic acids is 3. The molecule has 0 heterocycles. The van der Waals surface area contributed by atoms with E-state index in [1.807, 2.05) is 30.3 Å². The molecule has 0 aliphatic heterocycles. The summed E-state index contributed by atoms with van der Waals surface area (Å²) in [4.78, 5) is 29.7. The first kappa shape index (κ1) is 40.0. The van der Waals surface area contributed by atoms with Gasteiger partial charge in [-0.05, 0) is 0 Å². The fraction of sp³-hybridized carbons (Fsp3) is 0.625. The number of hydrogen-bond acceptors (Lipinski definition) is 6. The van der Waals surface area contributed by atoms with Crippen molar-refractivity contribution in [2.24, 2.45) is 16.2 Å². The summed E-state index contributed by atoms with van der Waals surface area (Å²) >= 11 is 0. The van der Waals surface area contributed by atoms with Crippen molar-refractivity contribution in [3.05, 3.63) is 37.3 Å². The van der Waals surface area contributed by atoms with Crippen molar-refractivity contribution in [1.82, 2.24) is 0 Å². The summed E-state index contributed by atoms with van der Waals surface area (Å²) in [5, 5.41) is 29.7. The Morgan fingerprint density at radius 1 is 0.710 bits per heavy atom. The minimum Gasteiger partial charge on any atom is -0.550 e. The molecule has 0 saturated heterocycles. The molecule has 1 rings (SSSR count). The third kappa shape index (κ3) is 39.7. The second-order valence-electron chi connectivity index (χ2n) is 9.43. The van der Waals surface area contributed by atoms with Crippen LogP contribution in [0.4, 0.5) is 0 Å². The Morgan fingerprint density at radius 2 is 0.871 bits per heavy atom. The SMILES string of the molecule is CC(C)(C)C(=O)[O-].CC(C)(C)C(=O)[O-].CC(C)(C)C(=O)[O-].[CH2-]CCC.[Zr+3].c1cc[cH-]c1. The first-order valence-corrected chi connectivity index (χ1v) is 9.85. The molecule has 0 fully saturated rings. The smallest absolute Gasteiger partial charge is 0.550 e. The third-order valence-electron chi connectivity index (χ3n) is 2.75. The average Bonchev–Trinajstić information content (AvgIpc) is 3.13. The molecule has 0 N–H and O–H groups in total. The largest absolute Gasteiger partial charge is 3.00 e. The summed E-state index contributed by atoms with van der Waals surface area (Å²) in [6.07, 6.45) is 2.28. The zero-order valence-corrected chi connectivity index (χ0v) is 23.4. The van der Waals surface area contributed by atoms with Crippen LogP contribution in [0.5, 0.6) is 0 Å². The molecular weight excluding hydrogens is 475 g/mol. The van der Waals surface area contributed by atoms with E-state index < -0.39 is 34.2 Å². The van der Waals surface area contributed by atoms with Gasteiger partial charge >= 0.3 is 26.2 Å². The standard InChI is InChI=1S/3C5H10O2.C5H5.C4H9.Zr/c3*1-5(2,3)4(6)7;1-2-4-5-3-1;1-3-4-2;/h3*1-3H3,(H,6,7);1-5H;1,3-4H2,2H3;/q;;;2*-1;+3/p-3. The van der Waals surface area contributed by atoms with Gasteiger partial charge in [0.05, 0.1) is 0 Å². The van der Waals surface area contributed by atoms with Gasteiger partial charge in [0.15, 0.2) is 0 Å². The van der Waals surface area contributed by atoms with Crippen molar-refractivity contribution in [2.45, 2.75) is 82.1 Å². The van der Waals surface area contributed by atoms with Crippen LogP contribution in [0.2, 0.25) is 0 Å². The van der Waals surface area contributed by atoms with Crippen molar-refractivity contribution in [2.75, 3.05) is 0 Å². The Hall–Kier alpha value is -1.36. The van der Waals surface area contributed by atoms with Gasteiger partial charge in [-0.15, -0.1) is 0 Å². The molecule has 179 valence electrons. The van der Waals surface area contributed by atoms with Crippen LogP contribution in [0.3, 0.4) is 0 Å². The molecule has 6 nitrogen and oxygen atoms in total. The van der Waals surface area contributed by atoms with Crippen LogP contribution in [-0.4, -0.2) is 17.9 Å². The van der Waals surface area contributed by atoms with E-state index in [-0.39, 0.29) is 26.2 Å². The van der Waals surface area contributed by atoms with Crippen LogP contribution >= 0.6 is 0 Å². The second-order valence-corrected chi connectivity index (χ2v) is 9.43. The number of carbonyl (C=O) groups is 3. The molecule has 0 unspecified atom stereocenters. The van der Waals surface area contributed by atoms with E-state index in [1.54, 1.807) is 62.3 Å². The number of aliphatic carboxylic acids is 3. The normalized spacial score (nSPS) is 9.90. The zero-order valence-electron chi connectivity index (χ0n) is 21.0. The van der Waals surface area contributed by atoms with Gasteiger partial charge in [0.1, 0.15) is 0 Å². The fourth-order valence-electron chi connectivity index (χ4n) is 0.321. The maximum Gasteiger partial charge on any atom is 3.00 e. The van der Waals surface area contributed by atoms with Crippen LogP contribution in [-0.2, 0) is 40.6 Å². The summed E-state index contributed by atoms with van der Waals surface area (Å²) in [5.74, 6) is -3.02. The number of hydrogen-bond donors (Lipinski definition) is 0. The summed E-state index contributed by atoms with van der Waals surface area (Å²) in [7, 11) is 0. The van der Waals surface area contributed by atoms with Crippen molar-refractivity contribution in [1.29, 1.82) is 0 Å². The topological polar surface area (TPSA) is 120 Å². The van der Waals surface area contributed by atoms with Crippen molar-refractivity contribution < 1.29 is 55.9 Å². The number of rotatable bonds is 1. The van der Waals surface area contributed by atoms with Gasteiger partial charge in [-0.25, -0.2) is 12.1 Å². The van der Waals surface area contributed by atoms with E-state index in [9.17, 15) is 29.7 Å². The van der Waals surface area contributed by atoms with E-state index in [1.165, 1.54) is 6.42 Å². The number of unbranched alkanes of at least 4 members (excludes halogenated alkanes) is 1. The average molecular weight is 517 g/mol. The molecule has 0 aliphatic rings. The molecule has 0 aliphatic carbocycles. The molecule has 1 aromatic carbocycles. The predicted octanol–water partition coefficient (Wildman–Crippen LogP) is 2.37. The molecular formula is C24H41O6Zr-2. The van der Waals surface area contributed by atoms with Crippen LogP contribution in [0.25, 0.3) is 0 Å². The fourth-order valence-corrected chi connectivity index (χ4v) is 0.321. The number of carboxylic acids is 3. The van der Waals surface area contributed by atoms with Crippen molar-refractivity contribution >= 4 is 17.9 Å². The van der Waals surface area contributed by atoms with Crippen LogP contribution in [0, 0.1) is 23.2 Å². The van der Waals surface area contributed by atoms with Crippen molar-refractivity contribution in [3.8, 4) is 0 Å². The Bertz CT molecular complexity index is 468. The molecule has 0 atom stereocenters. The van der Waals surface area contributed by atoms with Gasteiger partial charge in [0.25, 0.3) is 0 Å². The Morgan fingerprint density at radius 3 is 0.903 bits per heavy atom. The quantitative estimate of drug-likeness (QED) is 0.528. The van der Waals surface area contributed by atoms with Crippen molar-refractivity contribution in [3.63, 3.8) is 0 Å². The Kier molecular flexibility index (Phi) is 26.5. The minimum atomic E-state index is -1.01. The third-order valence-corrected chi connectivity index (χ3v) is 2.75. The maximum absolute atomic E-state index is 9.91. The first-order chi connectivity index (χ1) is 13.2. The first-order valence-electron chi connectivity index (χ1n) is 9.85. The summed E-state index contributed by atoms with van der Waals surface area (Å²) in [6.45, 7) is 20.1. The van der Waals surface area contributed by atoms with E-state index >= 15 is 0 Å². The molecule has 0 aromatic heterocycles. The molecule has 0 bridgehead atoms. The monoisotopic (exact) mass is 515 g/mol. The minimum absolute atomic E-state index is 0. The predicted molar refractivity (Wildman–Crippen MR) is 116 cm³/mol. The van der Waals surface area contributed by atoms with Gasteiger partial charge in [-0.2, -0.15) is 24.6 Å². The van der Waals surface area contributed by atoms with Gasteiger partial charge in [-0.3, -0.25) is 0 Å². The summed E-state index contributed by atoms with van der Waals surface area (Å²) in [6, 6.07) is 10.0. The zero-order chi connectivity index (χ0) is 25.2. The van der Waals surface area contributed by atoms with Gasteiger partial charge in [0, 0.05) is 34.2 Å².